The summed E-state index contributed by atoms with van der Waals surface area (Å²) in [6, 6.07) is -1.39. The van der Waals surface area contributed by atoms with Gasteiger partial charge in [0.25, 0.3) is 0 Å². The predicted molar refractivity (Wildman–Crippen MR) is 74.0 cm³/mol. The largest absolute Gasteiger partial charge is 0.480 e. The molecule has 1 atom stereocenters. The fraction of sp³-hybridized carbons (Fsp3) is 0.714. The van der Waals surface area contributed by atoms with Gasteiger partial charge in [-0.3, -0.25) is 10.1 Å². The highest BCUT2D eigenvalue weighted by atomic mass is 16.6. The average Bonchev–Trinajstić information content (AvgIpc) is 2.30. The van der Waals surface area contributed by atoms with E-state index in [1.54, 1.807) is 20.8 Å². The van der Waals surface area contributed by atoms with E-state index < -0.39 is 29.2 Å². The van der Waals surface area contributed by atoms with Crippen molar-refractivity contribution in [2.24, 2.45) is 0 Å². The highest BCUT2D eigenvalue weighted by molar-refractivity contribution is 6.04. The van der Waals surface area contributed by atoms with E-state index in [0.29, 0.717) is 6.54 Å². The van der Waals surface area contributed by atoms with E-state index in [2.05, 4.69) is 5.32 Å². The Morgan fingerprint density at radius 1 is 1.30 bits per heavy atom. The van der Waals surface area contributed by atoms with Gasteiger partial charge in [-0.05, 0) is 33.7 Å². The van der Waals surface area contributed by atoms with Gasteiger partial charge in [0.15, 0.2) is 0 Å². The van der Waals surface area contributed by atoms with Crippen molar-refractivity contribution in [1.29, 1.82) is 0 Å². The Morgan fingerprint density at radius 3 is 2.30 bits per heavy atom. The number of carboxylic acid groups (broad SMARTS) is 1. The SMILES string of the molecule is CCCCCNC(C(=O)O)C(=C=O)C(=O)OC(C)(C)C. The average molecular weight is 285 g/mol. The second-order valence-corrected chi connectivity index (χ2v) is 5.45. The van der Waals surface area contributed by atoms with Crippen molar-refractivity contribution in [1.82, 2.24) is 5.32 Å². The van der Waals surface area contributed by atoms with Crippen LogP contribution in [0.1, 0.15) is 47.0 Å². The zero-order valence-corrected chi connectivity index (χ0v) is 12.5. The zero-order valence-electron chi connectivity index (χ0n) is 12.5. The Labute approximate surface area is 119 Å². The summed E-state index contributed by atoms with van der Waals surface area (Å²) in [6.07, 6.45) is 2.69. The summed E-state index contributed by atoms with van der Waals surface area (Å²) in [4.78, 5) is 33.9. The lowest BCUT2D eigenvalue weighted by atomic mass is 10.1. The molecule has 0 aliphatic heterocycles. The number of carbonyl (C=O) groups is 2. The maximum Gasteiger partial charge on any atom is 0.348 e. The fourth-order valence-corrected chi connectivity index (χ4v) is 1.49. The minimum atomic E-state index is -1.39. The number of ether oxygens (including phenoxy) is 1. The normalized spacial score (nSPS) is 12.4. The number of aliphatic carboxylic acids is 1. The van der Waals surface area contributed by atoms with Gasteiger partial charge in [0.1, 0.15) is 23.2 Å². The molecule has 0 aliphatic carbocycles. The first-order chi connectivity index (χ1) is 9.22. The van der Waals surface area contributed by atoms with Crippen molar-refractivity contribution >= 4 is 17.9 Å². The third-order valence-corrected chi connectivity index (χ3v) is 2.39. The van der Waals surface area contributed by atoms with Gasteiger partial charge in [-0.2, -0.15) is 0 Å². The number of esters is 1. The molecule has 20 heavy (non-hydrogen) atoms. The summed E-state index contributed by atoms with van der Waals surface area (Å²) in [5.41, 5.74) is -1.34. The number of hydrogen-bond donors (Lipinski definition) is 2. The van der Waals surface area contributed by atoms with Crippen LogP contribution in [0.15, 0.2) is 5.57 Å². The van der Waals surface area contributed by atoms with Crippen LogP contribution in [-0.4, -0.2) is 41.2 Å². The molecule has 0 aliphatic rings. The second-order valence-electron chi connectivity index (χ2n) is 5.45. The molecule has 6 heteroatoms. The molecule has 0 saturated carbocycles. The third kappa shape index (κ3) is 7.07. The molecule has 0 spiro atoms. The van der Waals surface area contributed by atoms with Crippen molar-refractivity contribution in [2.45, 2.75) is 58.6 Å². The molecule has 0 rings (SSSR count). The van der Waals surface area contributed by atoms with E-state index >= 15 is 0 Å². The molecule has 0 aromatic rings. The van der Waals surface area contributed by atoms with Gasteiger partial charge in [-0.15, -0.1) is 0 Å². The summed E-state index contributed by atoms with van der Waals surface area (Å²) >= 11 is 0. The van der Waals surface area contributed by atoms with E-state index in [9.17, 15) is 14.4 Å². The van der Waals surface area contributed by atoms with Crippen LogP contribution in [0.2, 0.25) is 0 Å². The predicted octanol–water partition coefficient (Wildman–Crippen LogP) is 1.32. The lowest BCUT2D eigenvalue weighted by Crippen LogP contribution is -2.43. The molecule has 0 bridgehead atoms. The van der Waals surface area contributed by atoms with E-state index in [-0.39, 0.29) is 0 Å². The van der Waals surface area contributed by atoms with E-state index in [4.69, 9.17) is 9.84 Å². The molecule has 2 N–H and O–H groups in total. The third-order valence-electron chi connectivity index (χ3n) is 2.39. The van der Waals surface area contributed by atoms with Crippen LogP contribution in [0.4, 0.5) is 0 Å². The number of rotatable bonds is 8. The van der Waals surface area contributed by atoms with Gasteiger partial charge in [0, 0.05) is 0 Å². The van der Waals surface area contributed by atoms with Crippen molar-refractivity contribution in [3.05, 3.63) is 5.57 Å². The Hall–Kier alpha value is -1.65. The molecule has 0 heterocycles. The molecule has 0 aromatic carbocycles. The summed E-state index contributed by atoms with van der Waals surface area (Å²) in [6.45, 7) is 7.33. The molecule has 0 saturated heterocycles. The molecule has 6 nitrogen and oxygen atoms in total. The standard InChI is InChI=1S/C14H23NO5/c1-5-6-7-8-15-11(12(17)18)10(9-16)13(19)20-14(2,3)4/h11,15H,5-8H2,1-4H3,(H,17,18). The van der Waals surface area contributed by atoms with Crippen LogP contribution in [0.5, 0.6) is 0 Å². The van der Waals surface area contributed by atoms with Crippen molar-refractivity contribution in [2.75, 3.05) is 6.54 Å². The van der Waals surface area contributed by atoms with Gasteiger partial charge >= 0.3 is 11.9 Å². The van der Waals surface area contributed by atoms with Crippen LogP contribution in [0, 0.1) is 0 Å². The number of unbranched alkanes of at least 4 members (excludes halogenated alkanes) is 2. The van der Waals surface area contributed by atoms with Crippen LogP contribution >= 0.6 is 0 Å². The minimum absolute atomic E-state index is 0.402. The first kappa shape index (κ1) is 18.4. The van der Waals surface area contributed by atoms with Crippen LogP contribution in [0.3, 0.4) is 0 Å². The Morgan fingerprint density at radius 2 is 1.90 bits per heavy atom. The van der Waals surface area contributed by atoms with Crippen LogP contribution in [0.25, 0.3) is 0 Å². The van der Waals surface area contributed by atoms with Crippen molar-refractivity contribution in [3.63, 3.8) is 0 Å². The first-order valence-electron chi connectivity index (χ1n) is 6.67. The summed E-state index contributed by atoms with van der Waals surface area (Å²) < 4.78 is 5.01. The van der Waals surface area contributed by atoms with Gasteiger partial charge in [-0.25, -0.2) is 9.59 Å². The summed E-state index contributed by atoms with van der Waals surface area (Å²) in [5.74, 6) is -0.860. The van der Waals surface area contributed by atoms with Crippen molar-refractivity contribution < 1.29 is 24.2 Å². The van der Waals surface area contributed by atoms with Gasteiger partial charge in [0.05, 0.1) is 0 Å². The molecule has 0 aromatic heterocycles. The van der Waals surface area contributed by atoms with Crippen LogP contribution in [-0.2, 0) is 19.1 Å². The molecule has 114 valence electrons. The number of hydrogen-bond acceptors (Lipinski definition) is 5. The topological polar surface area (TPSA) is 92.7 Å². The Kier molecular flexibility index (Phi) is 7.80. The first-order valence-corrected chi connectivity index (χ1v) is 6.67. The van der Waals surface area contributed by atoms with Gasteiger partial charge in [-0.1, -0.05) is 19.8 Å². The molecular weight excluding hydrogens is 262 g/mol. The summed E-state index contributed by atoms with van der Waals surface area (Å²) in [7, 11) is 0. The molecule has 0 fully saturated rings. The van der Waals surface area contributed by atoms with Crippen molar-refractivity contribution in [3.8, 4) is 0 Å². The Balaban J connectivity index is 4.82. The second kappa shape index (κ2) is 8.51. The monoisotopic (exact) mass is 285 g/mol. The van der Waals surface area contributed by atoms with E-state index in [0.717, 1.165) is 19.3 Å². The zero-order chi connectivity index (χ0) is 15.8. The van der Waals surface area contributed by atoms with E-state index in [1.807, 2.05) is 6.92 Å². The highest BCUT2D eigenvalue weighted by Gasteiger charge is 2.31. The highest BCUT2D eigenvalue weighted by Crippen LogP contribution is 2.12. The van der Waals surface area contributed by atoms with E-state index in [1.165, 1.54) is 5.94 Å². The molecule has 1 unspecified atom stereocenters. The molecule has 0 radical (unpaired) electrons. The van der Waals surface area contributed by atoms with Gasteiger partial charge in [0.2, 0.25) is 0 Å². The number of carbonyl (C=O) groups excluding carboxylic acids is 2. The maximum absolute atomic E-state index is 11.8. The van der Waals surface area contributed by atoms with Gasteiger partial charge < -0.3 is 9.84 Å². The maximum atomic E-state index is 11.8. The molecular formula is C14H23NO5. The minimum Gasteiger partial charge on any atom is -0.480 e. The van der Waals surface area contributed by atoms with Crippen LogP contribution < -0.4 is 5.32 Å². The molecule has 0 amide bonds. The quantitative estimate of drug-likeness (QED) is 0.302. The lowest BCUT2D eigenvalue weighted by molar-refractivity contribution is -0.152. The smallest absolute Gasteiger partial charge is 0.348 e. The number of nitrogens with one attached hydrogen (secondary N) is 1. The summed E-state index contributed by atoms with van der Waals surface area (Å²) in [5, 5.41) is 11.8. The fourth-order valence-electron chi connectivity index (χ4n) is 1.49. The Bertz CT molecular complexity index is 391. The lowest BCUT2D eigenvalue weighted by Gasteiger charge is -2.21. The number of carboxylic acids is 1.